The first kappa shape index (κ1) is 22.6. The van der Waals surface area contributed by atoms with Gasteiger partial charge in [0.2, 0.25) is 0 Å². The first-order chi connectivity index (χ1) is 15.5. The normalized spacial score (nSPS) is 22.1. The zero-order chi connectivity index (χ0) is 22.5. The number of hydrogen-bond acceptors (Lipinski definition) is 5. The van der Waals surface area contributed by atoms with E-state index in [2.05, 4.69) is 29.7 Å². The van der Waals surface area contributed by atoms with Crippen LogP contribution in [0.5, 0.6) is 5.75 Å². The molecule has 1 amide bonds. The van der Waals surface area contributed by atoms with Crippen molar-refractivity contribution in [1.29, 1.82) is 0 Å². The van der Waals surface area contributed by atoms with E-state index < -0.39 is 0 Å². The molecule has 7 heteroatoms. The van der Waals surface area contributed by atoms with E-state index >= 15 is 0 Å². The van der Waals surface area contributed by atoms with Gasteiger partial charge in [0, 0.05) is 56.6 Å². The minimum absolute atomic E-state index is 0.00237. The second-order valence-corrected chi connectivity index (χ2v) is 8.69. The van der Waals surface area contributed by atoms with Crippen LogP contribution in [-0.4, -0.2) is 73.8 Å². The predicted molar refractivity (Wildman–Crippen MR) is 122 cm³/mol. The molecule has 0 unspecified atom stereocenters. The smallest absolute Gasteiger partial charge is 0.260 e. The van der Waals surface area contributed by atoms with Gasteiger partial charge in [0.15, 0.2) is 6.61 Å². The number of amides is 1. The number of anilines is 1. The van der Waals surface area contributed by atoms with Gasteiger partial charge in [-0.25, -0.2) is 4.39 Å². The summed E-state index contributed by atoms with van der Waals surface area (Å²) < 4.78 is 24.5. The molecule has 0 N–H and O–H groups in total. The molecule has 6 nitrogen and oxygen atoms in total. The highest BCUT2D eigenvalue weighted by molar-refractivity contribution is 5.78. The Morgan fingerprint density at radius 2 is 1.81 bits per heavy atom. The Morgan fingerprint density at radius 1 is 1.06 bits per heavy atom. The highest BCUT2D eigenvalue weighted by atomic mass is 19.1. The molecule has 2 aliphatic heterocycles. The molecule has 2 fully saturated rings. The molecule has 0 radical (unpaired) electrons. The maximum Gasteiger partial charge on any atom is 0.260 e. The van der Waals surface area contributed by atoms with Crippen LogP contribution >= 0.6 is 0 Å². The van der Waals surface area contributed by atoms with Crippen LogP contribution in [0.3, 0.4) is 0 Å². The summed E-state index contributed by atoms with van der Waals surface area (Å²) in [5.74, 6) is 0.488. The number of hydrogen-bond donors (Lipinski definition) is 0. The molecule has 0 bridgehead atoms. The number of piperazine rings is 1. The largest absolute Gasteiger partial charge is 0.484 e. The van der Waals surface area contributed by atoms with Crippen molar-refractivity contribution in [2.75, 3.05) is 50.9 Å². The average Bonchev–Trinajstić information content (AvgIpc) is 2.82. The zero-order valence-corrected chi connectivity index (χ0v) is 18.9. The molecule has 0 spiro atoms. The Kier molecular flexibility index (Phi) is 7.27. The summed E-state index contributed by atoms with van der Waals surface area (Å²) in [5, 5.41) is 0. The lowest BCUT2D eigenvalue weighted by atomic mass is 10.1. The summed E-state index contributed by atoms with van der Waals surface area (Å²) in [6.45, 7) is 9.58. The van der Waals surface area contributed by atoms with Crippen molar-refractivity contribution < 1.29 is 18.7 Å². The lowest BCUT2D eigenvalue weighted by Crippen LogP contribution is -2.58. The number of carbonyl (C=O) groups excluding carboxylic acids is 1. The Morgan fingerprint density at radius 3 is 2.56 bits per heavy atom. The molecule has 2 aromatic rings. The Labute approximate surface area is 189 Å². The molecular weight excluding hydrogens is 409 g/mol. The van der Waals surface area contributed by atoms with E-state index in [1.165, 1.54) is 12.1 Å². The van der Waals surface area contributed by atoms with Crippen molar-refractivity contribution >= 4 is 11.6 Å². The minimum atomic E-state index is -0.221. The summed E-state index contributed by atoms with van der Waals surface area (Å²) in [4.78, 5) is 19.5. The third-order valence-corrected chi connectivity index (χ3v) is 6.29. The van der Waals surface area contributed by atoms with Gasteiger partial charge in [-0.05, 0) is 43.7 Å². The number of morpholine rings is 1. The molecule has 2 saturated heterocycles. The Balaban J connectivity index is 1.30. The Bertz CT molecular complexity index is 902. The molecule has 2 heterocycles. The average molecular weight is 442 g/mol. The molecule has 0 aromatic heterocycles. The lowest BCUT2D eigenvalue weighted by molar-refractivity contribution is -0.139. The molecule has 0 saturated carbocycles. The van der Waals surface area contributed by atoms with E-state index in [0.29, 0.717) is 12.3 Å². The third kappa shape index (κ3) is 5.58. The monoisotopic (exact) mass is 441 g/mol. The number of halogens is 1. The van der Waals surface area contributed by atoms with Crippen LogP contribution in [0, 0.1) is 5.82 Å². The van der Waals surface area contributed by atoms with Crippen LogP contribution in [0.25, 0.3) is 0 Å². The number of rotatable bonds is 6. The van der Waals surface area contributed by atoms with Crippen LogP contribution in [0.2, 0.25) is 0 Å². The van der Waals surface area contributed by atoms with E-state index in [1.54, 1.807) is 0 Å². The van der Waals surface area contributed by atoms with E-state index in [1.807, 2.05) is 35.2 Å². The van der Waals surface area contributed by atoms with E-state index in [0.717, 1.165) is 50.6 Å². The quantitative estimate of drug-likeness (QED) is 0.689. The van der Waals surface area contributed by atoms with Crippen molar-refractivity contribution in [2.24, 2.45) is 0 Å². The molecule has 2 atom stereocenters. The lowest BCUT2D eigenvalue weighted by Gasteiger charge is -2.44. The molecule has 2 aliphatic rings. The summed E-state index contributed by atoms with van der Waals surface area (Å²) in [6, 6.07) is 14.8. The van der Waals surface area contributed by atoms with Crippen LogP contribution in [-0.2, 0) is 16.1 Å². The van der Waals surface area contributed by atoms with Gasteiger partial charge in [-0.15, -0.1) is 0 Å². The summed E-state index contributed by atoms with van der Waals surface area (Å²) in [7, 11) is 0. The van der Waals surface area contributed by atoms with E-state index in [-0.39, 0.29) is 30.4 Å². The van der Waals surface area contributed by atoms with Crippen molar-refractivity contribution in [1.82, 2.24) is 9.80 Å². The highest BCUT2D eigenvalue weighted by Crippen LogP contribution is 2.23. The van der Waals surface area contributed by atoms with Gasteiger partial charge in [-0.3, -0.25) is 9.69 Å². The molecule has 0 aliphatic carbocycles. The SMILES string of the molecule is C[C@@H]1CN(C(=O)COc2cccc(N3CCOCC3)c2)[C@@H](C)CN1Cc1ccc(F)cc1. The number of ether oxygens (including phenoxy) is 2. The van der Waals surface area contributed by atoms with Crippen LogP contribution in [0.1, 0.15) is 19.4 Å². The summed E-state index contributed by atoms with van der Waals surface area (Å²) in [5.41, 5.74) is 2.17. The minimum Gasteiger partial charge on any atom is -0.484 e. The molecule has 172 valence electrons. The van der Waals surface area contributed by atoms with Gasteiger partial charge >= 0.3 is 0 Å². The number of nitrogens with zero attached hydrogens (tertiary/aromatic N) is 3. The second-order valence-electron chi connectivity index (χ2n) is 8.69. The van der Waals surface area contributed by atoms with Gasteiger partial charge in [-0.1, -0.05) is 18.2 Å². The van der Waals surface area contributed by atoms with Gasteiger partial charge in [-0.2, -0.15) is 0 Å². The molecule has 32 heavy (non-hydrogen) atoms. The number of benzene rings is 2. The summed E-state index contributed by atoms with van der Waals surface area (Å²) >= 11 is 0. The molecular formula is C25H32FN3O3. The van der Waals surface area contributed by atoms with Crippen molar-refractivity contribution in [3.05, 3.63) is 59.9 Å². The van der Waals surface area contributed by atoms with Gasteiger partial charge in [0.1, 0.15) is 11.6 Å². The van der Waals surface area contributed by atoms with Crippen LogP contribution in [0.4, 0.5) is 10.1 Å². The van der Waals surface area contributed by atoms with Crippen molar-refractivity contribution in [3.8, 4) is 5.75 Å². The maximum atomic E-state index is 13.2. The van der Waals surface area contributed by atoms with Crippen molar-refractivity contribution in [3.63, 3.8) is 0 Å². The standard InChI is InChI=1S/C25H32FN3O3/c1-19-16-29(20(2)15-28(19)17-21-6-8-22(26)9-7-21)25(30)18-32-24-5-3-4-23(14-24)27-10-12-31-13-11-27/h3-9,14,19-20H,10-13,15-18H2,1-2H3/t19-,20+/m1/s1. The predicted octanol–water partition coefficient (Wildman–Crippen LogP) is 3.16. The van der Waals surface area contributed by atoms with Crippen LogP contribution in [0.15, 0.2) is 48.5 Å². The summed E-state index contributed by atoms with van der Waals surface area (Å²) in [6.07, 6.45) is 0. The van der Waals surface area contributed by atoms with Gasteiger partial charge in [0.25, 0.3) is 5.91 Å². The van der Waals surface area contributed by atoms with Gasteiger partial charge in [0.05, 0.1) is 13.2 Å². The fourth-order valence-corrected chi connectivity index (χ4v) is 4.41. The topological polar surface area (TPSA) is 45.3 Å². The second kappa shape index (κ2) is 10.3. The maximum absolute atomic E-state index is 13.2. The van der Waals surface area contributed by atoms with Crippen molar-refractivity contribution in [2.45, 2.75) is 32.5 Å². The molecule has 2 aromatic carbocycles. The van der Waals surface area contributed by atoms with Gasteiger partial charge < -0.3 is 19.3 Å². The molecule has 4 rings (SSSR count). The third-order valence-electron chi connectivity index (χ3n) is 6.29. The zero-order valence-electron chi connectivity index (χ0n) is 18.9. The fourth-order valence-electron chi connectivity index (χ4n) is 4.41. The first-order valence-corrected chi connectivity index (χ1v) is 11.3. The van der Waals surface area contributed by atoms with E-state index in [9.17, 15) is 9.18 Å². The van der Waals surface area contributed by atoms with E-state index in [4.69, 9.17) is 9.47 Å². The fraction of sp³-hybridized carbons (Fsp3) is 0.480. The first-order valence-electron chi connectivity index (χ1n) is 11.3. The highest BCUT2D eigenvalue weighted by Gasteiger charge is 2.32. The Hall–Kier alpha value is -2.64. The van der Waals surface area contributed by atoms with Crippen LogP contribution < -0.4 is 9.64 Å². The number of carbonyl (C=O) groups is 1.